The highest BCUT2D eigenvalue weighted by Gasteiger charge is 2.30. The second-order valence-corrected chi connectivity index (χ2v) is 4.00. The molecule has 0 aromatic heterocycles. The molecule has 0 aliphatic heterocycles. The molecule has 0 bridgehead atoms. The third-order valence-electron chi connectivity index (χ3n) is 1.28. The zero-order chi connectivity index (χ0) is 10.7. The van der Waals surface area contributed by atoms with E-state index in [1.165, 1.54) is 14.0 Å². The van der Waals surface area contributed by atoms with Crippen molar-refractivity contribution < 1.29 is 23.7 Å². The second-order valence-electron chi connectivity index (χ2n) is 2.76. The third kappa shape index (κ3) is 4.97. The lowest BCUT2D eigenvalue weighted by atomic mass is 10.1. The first-order chi connectivity index (χ1) is 5.69. The summed E-state index contributed by atoms with van der Waals surface area (Å²) >= 11 is 0. The van der Waals surface area contributed by atoms with Gasteiger partial charge in [-0.15, -0.1) is 0 Å². The van der Waals surface area contributed by atoms with Gasteiger partial charge in [0.05, 0.1) is 6.61 Å². The Kier molecular flexibility index (Phi) is 4.02. The van der Waals surface area contributed by atoms with E-state index in [0.717, 1.165) is 0 Å². The van der Waals surface area contributed by atoms with Crippen LogP contribution in [0.25, 0.3) is 0 Å². The Labute approximate surface area is 75.5 Å². The van der Waals surface area contributed by atoms with Crippen molar-refractivity contribution in [3.63, 3.8) is 0 Å². The average Bonchev–Trinajstić information content (AvgIpc) is 1.98. The quantitative estimate of drug-likeness (QED) is 0.423. The molecule has 13 heavy (non-hydrogen) atoms. The number of phosphoric acid groups is 1. The molecule has 0 aromatic rings. The van der Waals surface area contributed by atoms with E-state index < -0.39 is 25.9 Å². The number of amides is 1. The van der Waals surface area contributed by atoms with E-state index >= 15 is 0 Å². The Hall–Kier alpha value is -0.460. The molecule has 1 amide bonds. The van der Waals surface area contributed by atoms with Crippen LogP contribution >= 0.6 is 7.82 Å². The summed E-state index contributed by atoms with van der Waals surface area (Å²) in [6.45, 7) is 0.762. The highest BCUT2D eigenvalue weighted by atomic mass is 31.2. The minimum atomic E-state index is -4.57. The van der Waals surface area contributed by atoms with Crippen molar-refractivity contribution in [2.24, 2.45) is 5.73 Å². The Morgan fingerprint density at radius 2 is 2.15 bits per heavy atom. The molecule has 78 valence electrons. The van der Waals surface area contributed by atoms with Crippen LogP contribution in [-0.4, -0.2) is 34.9 Å². The van der Waals surface area contributed by atoms with Gasteiger partial charge < -0.3 is 20.8 Å². The van der Waals surface area contributed by atoms with Crippen LogP contribution in [0.4, 0.5) is 0 Å². The van der Waals surface area contributed by atoms with Crippen molar-refractivity contribution in [3.05, 3.63) is 0 Å². The van der Waals surface area contributed by atoms with E-state index in [4.69, 9.17) is 15.5 Å². The van der Waals surface area contributed by atoms with Gasteiger partial charge >= 0.3 is 7.82 Å². The lowest BCUT2D eigenvalue weighted by Crippen LogP contribution is -2.53. The van der Waals surface area contributed by atoms with Crippen LogP contribution in [0.1, 0.15) is 6.92 Å². The minimum Gasteiger partial charge on any atom is -0.358 e. The lowest BCUT2D eigenvalue weighted by molar-refractivity contribution is -0.126. The number of carbonyl (C=O) groups is 1. The van der Waals surface area contributed by atoms with Gasteiger partial charge in [0.2, 0.25) is 5.91 Å². The number of carbonyl (C=O) groups excluding carboxylic acids is 1. The Bertz CT molecular complexity index is 235. The molecular weight excluding hydrogens is 199 g/mol. The highest BCUT2D eigenvalue weighted by molar-refractivity contribution is 7.46. The molecule has 0 fully saturated rings. The van der Waals surface area contributed by atoms with Crippen LogP contribution in [0.15, 0.2) is 0 Å². The van der Waals surface area contributed by atoms with Crippen molar-refractivity contribution in [1.29, 1.82) is 0 Å². The number of likely N-dealkylation sites (N-methyl/N-ethyl adjacent to an activating group) is 1. The van der Waals surface area contributed by atoms with Gasteiger partial charge in [-0.1, -0.05) is 0 Å². The maximum atomic E-state index is 11.0. The van der Waals surface area contributed by atoms with E-state index in [0.29, 0.717) is 0 Å². The second kappa shape index (κ2) is 4.17. The third-order valence-corrected chi connectivity index (χ3v) is 1.74. The first kappa shape index (κ1) is 12.5. The summed E-state index contributed by atoms with van der Waals surface area (Å²) in [5, 5.41) is 2.24. The first-order valence-electron chi connectivity index (χ1n) is 3.40. The van der Waals surface area contributed by atoms with Gasteiger partial charge in [-0.3, -0.25) is 9.32 Å². The molecule has 1 unspecified atom stereocenters. The van der Waals surface area contributed by atoms with Gasteiger partial charge in [0.1, 0.15) is 5.54 Å². The largest absolute Gasteiger partial charge is 0.469 e. The van der Waals surface area contributed by atoms with Crippen LogP contribution in [0.5, 0.6) is 0 Å². The van der Waals surface area contributed by atoms with Crippen molar-refractivity contribution in [2.75, 3.05) is 13.7 Å². The molecule has 0 aliphatic carbocycles. The fraction of sp³-hybridized carbons (Fsp3) is 0.800. The van der Waals surface area contributed by atoms with Crippen LogP contribution < -0.4 is 11.1 Å². The van der Waals surface area contributed by atoms with Crippen LogP contribution in [-0.2, 0) is 13.9 Å². The van der Waals surface area contributed by atoms with E-state index in [9.17, 15) is 9.36 Å². The minimum absolute atomic E-state index is 0.545. The molecule has 7 nitrogen and oxygen atoms in total. The Morgan fingerprint density at radius 1 is 1.69 bits per heavy atom. The summed E-state index contributed by atoms with van der Waals surface area (Å²) in [6.07, 6.45) is 0. The molecule has 8 heteroatoms. The molecule has 0 spiro atoms. The van der Waals surface area contributed by atoms with Crippen molar-refractivity contribution in [3.8, 4) is 0 Å². The summed E-state index contributed by atoms with van der Waals surface area (Å²) in [5.41, 5.74) is 3.95. The molecule has 5 N–H and O–H groups in total. The van der Waals surface area contributed by atoms with E-state index in [1.807, 2.05) is 0 Å². The molecule has 0 saturated heterocycles. The van der Waals surface area contributed by atoms with Gasteiger partial charge in [-0.05, 0) is 6.92 Å². The van der Waals surface area contributed by atoms with Gasteiger partial charge in [0, 0.05) is 7.05 Å². The standard InChI is InChI=1S/C5H13N2O5P/c1-5(6,4(8)7-2)3-12-13(9,10)11/h3,6H2,1-2H3,(H,7,8)(H2,9,10,11). The molecular formula is C5H13N2O5P. The number of hydrogen-bond donors (Lipinski definition) is 4. The number of nitrogens with two attached hydrogens (primary N) is 1. The monoisotopic (exact) mass is 212 g/mol. The molecule has 1 atom stereocenters. The zero-order valence-electron chi connectivity index (χ0n) is 7.35. The molecule has 0 heterocycles. The topological polar surface area (TPSA) is 122 Å². The van der Waals surface area contributed by atoms with Gasteiger partial charge in [-0.2, -0.15) is 0 Å². The van der Waals surface area contributed by atoms with Crippen molar-refractivity contribution in [1.82, 2.24) is 5.32 Å². The van der Waals surface area contributed by atoms with Crippen LogP contribution in [0.2, 0.25) is 0 Å². The van der Waals surface area contributed by atoms with Crippen LogP contribution in [0, 0.1) is 0 Å². The lowest BCUT2D eigenvalue weighted by Gasteiger charge is -2.22. The fourth-order valence-electron chi connectivity index (χ4n) is 0.569. The summed E-state index contributed by atoms with van der Waals surface area (Å²) in [5.74, 6) is -0.555. The highest BCUT2D eigenvalue weighted by Crippen LogP contribution is 2.36. The summed E-state index contributed by atoms with van der Waals surface area (Å²) in [7, 11) is -3.21. The van der Waals surface area contributed by atoms with E-state index in [-0.39, 0.29) is 0 Å². The molecule has 0 saturated carbocycles. The molecule has 0 aliphatic rings. The Balaban J connectivity index is 4.19. The molecule has 0 aromatic carbocycles. The summed E-state index contributed by atoms with van der Waals surface area (Å²) in [6, 6.07) is 0. The fourth-order valence-corrected chi connectivity index (χ4v) is 1.01. The summed E-state index contributed by atoms with van der Waals surface area (Å²) in [4.78, 5) is 27.7. The SMILES string of the molecule is CNC(=O)C(C)(N)COP(=O)(O)O. The summed E-state index contributed by atoms with van der Waals surface area (Å²) < 4.78 is 14.4. The number of hydrogen-bond acceptors (Lipinski definition) is 4. The predicted molar refractivity (Wildman–Crippen MR) is 44.7 cm³/mol. The van der Waals surface area contributed by atoms with Crippen molar-refractivity contribution in [2.45, 2.75) is 12.5 Å². The van der Waals surface area contributed by atoms with E-state index in [2.05, 4.69) is 9.84 Å². The first-order valence-corrected chi connectivity index (χ1v) is 4.93. The number of nitrogens with one attached hydrogen (secondary N) is 1. The van der Waals surface area contributed by atoms with Gasteiger partial charge in [0.25, 0.3) is 0 Å². The molecule has 0 radical (unpaired) electrons. The van der Waals surface area contributed by atoms with Crippen molar-refractivity contribution >= 4 is 13.7 Å². The van der Waals surface area contributed by atoms with Gasteiger partial charge in [-0.25, -0.2) is 4.57 Å². The number of rotatable bonds is 4. The smallest absolute Gasteiger partial charge is 0.358 e. The number of phosphoric ester groups is 1. The zero-order valence-corrected chi connectivity index (χ0v) is 8.25. The Morgan fingerprint density at radius 3 is 2.46 bits per heavy atom. The maximum Gasteiger partial charge on any atom is 0.469 e. The molecule has 0 rings (SSSR count). The van der Waals surface area contributed by atoms with Gasteiger partial charge in [0.15, 0.2) is 0 Å². The van der Waals surface area contributed by atoms with Crippen LogP contribution in [0.3, 0.4) is 0 Å². The maximum absolute atomic E-state index is 11.0. The normalized spacial score (nSPS) is 16.4. The van der Waals surface area contributed by atoms with E-state index in [1.54, 1.807) is 0 Å². The average molecular weight is 212 g/mol. The predicted octanol–water partition coefficient (Wildman–Crippen LogP) is -1.44.